The largest absolute Gasteiger partial charge is 0.494 e. The molecule has 1 aliphatic carbocycles. The van der Waals surface area contributed by atoms with Crippen LogP contribution >= 0.6 is 0 Å². The molecule has 0 heterocycles. The second-order valence-electron chi connectivity index (χ2n) is 4.04. The molecule has 1 aromatic rings. The number of rotatable bonds is 3. The molecule has 1 aromatic carbocycles. The van der Waals surface area contributed by atoms with Crippen molar-refractivity contribution in [3.63, 3.8) is 0 Å². The van der Waals surface area contributed by atoms with Crippen molar-refractivity contribution in [1.29, 1.82) is 0 Å². The third-order valence-electron chi connectivity index (χ3n) is 2.98. The van der Waals surface area contributed by atoms with Crippen molar-refractivity contribution in [2.24, 2.45) is 4.99 Å². The topological polar surface area (TPSA) is 38.7 Å². The number of isocyanates is 1. The van der Waals surface area contributed by atoms with E-state index in [-0.39, 0.29) is 5.75 Å². The van der Waals surface area contributed by atoms with E-state index in [1.165, 1.54) is 13.2 Å². The van der Waals surface area contributed by atoms with Crippen molar-refractivity contribution in [1.82, 2.24) is 0 Å². The molecule has 0 atom stereocenters. The lowest BCUT2D eigenvalue weighted by molar-refractivity contribution is 0.385. The van der Waals surface area contributed by atoms with Gasteiger partial charge in [-0.3, -0.25) is 0 Å². The minimum Gasteiger partial charge on any atom is -0.494 e. The number of aryl methyl sites for hydroxylation is 1. The van der Waals surface area contributed by atoms with Gasteiger partial charge in [0.15, 0.2) is 11.6 Å². The highest BCUT2D eigenvalue weighted by atomic mass is 19.1. The summed E-state index contributed by atoms with van der Waals surface area (Å²) in [5.74, 6) is -0.206. The minimum absolute atomic E-state index is 0.188. The molecule has 0 spiro atoms. The van der Waals surface area contributed by atoms with Crippen LogP contribution in [0.2, 0.25) is 0 Å². The zero-order valence-electron chi connectivity index (χ0n) is 9.21. The molecule has 4 heteroatoms. The van der Waals surface area contributed by atoms with Crippen LogP contribution in [0.15, 0.2) is 17.1 Å². The molecule has 0 radical (unpaired) electrons. The lowest BCUT2D eigenvalue weighted by Crippen LogP contribution is -2.06. The number of carbonyl (C=O) groups excluding carboxylic acids is 1. The highest BCUT2D eigenvalue weighted by Gasteiger charge is 2.46. The van der Waals surface area contributed by atoms with Gasteiger partial charge in [0.25, 0.3) is 0 Å². The molecule has 0 saturated heterocycles. The Kier molecular flexibility index (Phi) is 2.52. The minimum atomic E-state index is -0.479. The first kappa shape index (κ1) is 10.8. The molecule has 1 saturated carbocycles. The summed E-state index contributed by atoms with van der Waals surface area (Å²) in [7, 11) is 1.42. The summed E-state index contributed by atoms with van der Waals surface area (Å²) in [5, 5.41) is 0. The zero-order chi connectivity index (χ0) is 11.8. The van der Waals surface area contributed by atoms with Crippen LogP contribution in [0.3, 0.4) is 0 Å². The van der Waals surface area contributed by atoms with Gasteiger partial charge in [-0.25, -0.2) is 9.18 Å². The van der Waals surface area contributed by atoms with E-state index in [0.29, 0.717) is 0 Å². The standard InChI is InChI=1S/C12H12FNO2/c1-8-5-10(13)11(16-2)6-9(8)12(3-4-12)14-7-15/h5-6H,3-4H2,1-2H3. The predicted octanol–water partition coefficient (Wildman–Crippen LogP) is 2.47. The summed E-state index contributed by atoms with van der Waals surface area (Å²) in [6, 6.07) is 3.03. The number of benzene rings is 1. The van der Waals surface area contributed by atoms with Crippen LogP contribution in [0.1, 0.15) is 24.0 Å². The first-order chi connectivity index (χ1) is 7.63. The maximum absolute atomic E-state index is 13.4. The zero-order valence-corrected chi connectivity index (χ0v) is 9.21. The highest BCUT2D eigenvalue weighted by Crippen LogP contribution is 2.51. The Hall–Kier alpha value is -1.67. The fourth-order valence-corrected chi connectivity index (χ4v) is 1.96. The van der Waals surface area contributed by atoms with Gasteiger partial charge in [-0.1, -0.05) is 0 Å². The molecular formula is C12H12FNO2. The van der Waals surface area contributed by atoms with Gasteiger partial charge in [0, 0.05) is 0 Å². The van der Waals surface area contributed by atoms with E-state index in [0.717, 1.165) is 24.0 Å². The Labute approximate surface area is 93.0 Å². The van der Waals surface area contributed by atoms with Crippen LogP contribution in [0.25, 0.3) is 0 Å². The van der Waals surface area contributed by atoms with E-state index in [1.54, 1.807) is 19.1 Å². The molecule has 0 N–H and O–H groups in total. The first-order valence-corrected chi connectivity index (χ1v) is 5.06. The summed E-state index contributed by atoms with van der Waals surface area (Å²) in [5.41, 5.74) is 1.16. The van der Waals surface area contributed by atoms with E-state index in [4.69, 9.17) is 4.74 Å². The van der Waals surface area contributed by atoms with E-state index < -0.39 is 11.4 Å². The number of methoxy groups -OCH3 is 1. The Morgan fingerprint density at radius 1 is 1.50 bits per heavy atom. The number of aliphatic imine (C=N–C) groups is 1. The molecule has 0 unspecified atom stereocenters. The summed E-state index contributed by atoms with van der Waals surface area (Å²) < 4.78 is 18.3. The van der Waals surface area contributed by atoms with E-state index in [9.17, 15) is 9.18 Å². The van der Waals surface area contributed by atoms with Crippen LogP contribution in [0.5, 0.6) is 5.75 Å². The van der Waals surface area contributed by atoms with Crippen LogP contribution in [-0.4, -0.2) is 13.2 Å². The van der Waals surface area contributed by atoms with E-state index >= 15 is 0 Å². The van der Waals surface area contributed by atoms with Gasteiger partial charge in [-0.05, 0) is 43.0 Å². The van der Waals surface area contributed by atoms with Gasteiger partial charge < -0.3 is 4.74 Å². The van der Waals surface area contributed by atoms with E-state index in [1.807, 2.05) is 0 Å². The molecule has 0 amide bonds. The molecule has 84 valence electrons. The number of halogens is 1. The van der Waals surface area contributed by atoms with Crippen LogP contribution in [-0.2, 0) is 10.3 Å². The Morgan fingerprint density at radius 2 is 2.19 bits per heavy atom. The molecule has 2 rings (SSSR count). The van der Waals surface area contributed by atoms with Crippen molar-refractivity contribution in [3.05, 3.63) is 29.1 Å². The van der Waals surface area contributed by atoms with Crippen molar-refractivity contribution in [2.45, 2.75) is 25.3 Å². The maximum Gasteiger partial charge on any atom is 0.235 e. The SMILES string of the molecule is COc1cc(C2(N=C=O)CC2)c(C)cc1F. The Balaban J connectivity index is 2.53. The van der Waals surface area contributed by atoms with Gasteiger partial charge in [0.2, 0.25) is 6.08 Å². The summed E-state index contributed by atoms with van der Waals surface area (Å²) in [6.45, 7) is 1.80. The molecule has 16 heavy (non-hydrogen) atoms. The summed E-state index contributed by atoms with van der Waals surface area (Å²) in [4.78, 5) is 14.2. The number of ether oxygens (including phenoxy) is 1. The monoisotopic (exact) mass is 221 g/mol. The van der Waals surface area contributed by atoms with Crippen molar-refractivity contribution in [2.75, 3.05) is 7.11 Å². The third kappa shape index (κ3) is 1.61. The fourth-order valence-electron chi connectivity index (χ4n) is 1.96. The molecule has 0 aliphatic heterocycles. The van der Waals surface area contributed by atoms with E-state index in [2.05, 4.69) is 4.99 Å². The third-order valence-corrected chi connectivity index (χ3v) is 2.98. The molecular weight excluding hydrogens is 209 g/mol. The average molecular weight is 221 g/mol. The van der Waals surface area contributed by atoms with Gasteiger partial charge in [0.1, 0.15) is 0 Å². The number of hydrogen-bond acceptors (Lipinski definition) is 3. The quantitative estimate of drug-likeness (QED) is 0.581. The Bertz CT molecular complexity index is 474. The molecule has 1 fully saturated rings. The lowest BCUT2D eigenvalue weighted by atomic mass is 9.99. The molecule has 0 bridgehead atoms. The van der Waals surface area contributed by atoms with Crippen molar-refractivity contribution >= 4 is 6.08 Å². The first-order valence-electron chi connectivity index (χ1n) is 5.06. The highest BCUT2D eigenvalue weighted by molar-refractivity contribution is 5.47. The predicted molar refractivity (Wildman–Crippen MR) is 56.7 cm³/mol. The van der Waals surface area contributed by atoms with Gasteiger partial charge in [0.05, 0.1) is 12.6 Å². The van der Waals surface area contributed by atoms with Gasteiger partial charge in [-0.2, -0.15) is 4.99 Å². The lowest BCUT2D eigenvalue weighted by Gasteiger charge is -2.14. The van der Waals surface area contributed by atoms with Crippen LogP contribution in [0.4, 0.5) is 4.39 Å². The van der Waals surface area contributed by atoms with Crippen LogP contribution < -0.4 is 4.74 Å². The Morgan fingerprint density at radius 3 is 2.69 bits per heavy atom. The normalized spacial score (nSPS) is 16.4. The maximum atomic E-state index is 13.4. The molecule has 3 nitrogen and oxygen atoms in total. The smallest absolute Gasteiger partial charge is 0.235 e. The second-order valence-corrected chi connectivity index (χ2v) is 4.04. The average Bonchev–Trinajstić information content (AvgIpc) is 2.99. The molecule has 0 aromatic heterocycles. The summed E-state index contributed by atoms with van der Waals surface area (Å²) >= 11 is 0. The van der Waals surface area contributed by atoms with Crippen LogP contribution in [0, 0.1) is 12.7 Å². The van der Waals surface area contributed by atoms with Crippen molar-refractivity contribution < 1.29 is 13.9 Å². The fraction of sp³-hybridized carbons (Fsp3) is 0.417. The molecule has 1 aliphatic rings. The number of nitrogens with zero attached hydrogens (tertiary/aromatic N) is 1. The number of hydrogen-bond donors (Lipinski definition) is 0. The van der Waals surface area contributed by atoms with Gasteiger partial charge in [-0.15, -0.1) is 0 Å². The van der Waals surface area contributed by atoms with Crippen molar-refractivity contribution in [3.8, 4) is 5.75 Å². The van der Waals surface area contributed by atoms with Gasteiger partial charge >= 0.3 is 0 Å². The summed E-state index contributed by atoms with van der Waals surface area (Å²) in [6.07, 6.45) is 3.20. The second kappa shape index (κ2) is 3.72.